The van der Waals surface area contributed by atoms with Crippen LogP contribution in [-0.2, 0) is 4.79 Å². The summed E-state index contributed by atoms with van der Waals surface area (Å²) in [4.78, 5) is 30.6. The molecule has 1 N–H and O–H groups in total. The first-order chi connectivity index (χ1) is 12.1. The van der Waals surface area contributed by atoms with Gasteiger partial charge >= 0.3 is 0 Å². The molecular weight excluding hydrogens is 338 g/mol. The molecule has 2 heterocycles. The monoisotopic (exact) mass is 355 g/mol. The van der Waals surface area contributed by atoms with E-state index in [2.05, 4.69) is 10.3 Å². The molecule has 0 aliphatic heterocycles. The van der Waals surface area contributed by atoms with Gasteiger partial charge in [-0.3, -0.25) is 14.5 Å². The van der Waals surface area contributed by atoms with Crippen LogP contribution in [0.3, 0.4) is 0 Å². The first-order valence-electron chi connectivity index (χ1n) is 7.77. The zero-order valence-electron chi connectivity index (χ0n) is 13.6. The predicted molar refractivity (Wildman–Crippen MR) is 96.1 cm³/mol. The maximum Gasteiger partial charge on any atom is 0.286 e. The number of hydrogen-bond donors (Lipinski definition) is 1. The van der Waals surface area contributed by atoms with Crippen LogP contribution in [0.15, 0.2) is 58.5 Å². The van der Waals surface area contributed by atoms with Crippen LogP contribution >= 0.6 is 11.3 Å². The summed E-state index contributed by atoms with van der Waals surface area (Å²) in [5, 5.41) is 5.20. The van der Waals surface area contributed by atoms with Gasteiger partial charge in [-0.2, -0.15) is 0 Å². The standard InChI is InChI=1S/C18H17N3O3S/c1-13-12-25-18(20-13)21(14-6-3-2-4-7-14)16(22)9-10-19-17(23)15-8-5-11-24-15/h2-8,11-12H,9-10H2,1H3,(H,19,23). The molecule has 3 aromatic rings. The minimum atomic E-state index is -0.339. The molecule has 128 valence electrons. The average molecular weight is 355 g/mol. The molecule has 1 aromatic carbocycles. The number of nitrogens with zero attached hydrogens (tertiary/aromatic N) is 2. The van der Waals surface area contributed by atoms with E-state index in [9.17, 15) is 9.59 Å². The van der Waals surface area contributed by atoms with E-state index in [0.29, 0.717) is 5.13 Å². The lowest BCUT2D eigenvalue weighted by Crippen LogP contribution is -2.31. The van der Waals surface area contributed by atoms with Crippen molar-refractivity contribution in [1.29, 1.82) is 0 Å². The summed E-state index contributed by atoms with van der Waals surface area (Å²) in [6.45, 7) is 2.10. The Bertz CT molecular complexity index is 844. The second kappa shape index (κ2) is 7.76. The summed E-state index contributed by atoms with van der Waals surface area (Å²) >= 11 is 1.41. The van der Waals surface area contributed by atoms with E-state index in [-0.39, 0.29) is 30.5 Å². The van der Waals surface area contributed by atoms with Crippen molar-refractivity contribution in [3.63, 3.8) is 0 Å². The number of para-hydroxylation sites is 1. The summed E-state index contributed by atoms with van der Waals surface area (Å²) < 4.78 is 5.03. The maximum absolute atomic E-state index is 12.7. The van der Waals surface area contributed by atoms with E-state index in [4.69, 9.17) is 4.42 Å². The number of carbonyl (C=O) groups is 2. The molecular formula is C18H17N3O3S. The normalized spacial score (nSPS) is 10.4. The van der Waals surface area contributed by atoms with Crippen molar-refractivity contribution < 1.29 is 14.0 Å². The number of furan rings is 1. The first-order valence-corrected chi connectivity index (χ1v) is 8.65. The van der Waals surface area contributed by atoms with Crippen LogP contribution in [-0.4, -0.2) is 23.3 Å². The molecule has 0 atom stereocenters. The fourth-order valence-electron chi connectivity index (χ4n) is 2.27. The minimum absolute atomic E-state index is 0.139. The van der Waals surface area contributed by atoms with E-state index in [0.717, 1.165) is 11.4 Å². The highest BCUT2D eigenvalue weighted by molar-refractivity contribution is 7.14. The Morgan fingerprint density at radius 3 is 2.64 bits per heavy atom. The lowest BCUT2D eigenvalue weighted by molar-refractivity contribution is -0.117. The number of amides is 2. The van der Waals surface area contributed by atoms with Gasteiger partial charge in [0.25, 0.3) is 5.91 Å². The van der Waals surface area contributed by atoms with E-state index in [1.165, 1.54) is 17.6 Å². The minimum Gasteiger partial charge on any atom is -0.459 e. The number of benzene rings is 1. The van der Waals surface area contributed by atoms with Crippen molar-refractivity contribution in [3.8, 4) is 0 Å². The molecule has 2 aromatic heterocycles. The topological polar surface area (TPSA) is 75.4 Å². The average Bonchev–Trinajstić information content (AvgIpc) is 3.28. The van der Waals surface area contributed by atoms with E-state index < -0.39 is 0 Å². The number of aryl methyl sites for hydroxylation is 1. The predicted octanol–water partition coefficient (Wildman–Crippen LogP) is 3.53. The Balaban J connectivity index is 1.68. The van der Waals surface area contributed by atoms with Crippen molar-refractivity contribution in [1.82, 2.24) is 10.3 Å². The number of nitrogens with one attached hydrogen (secondary N) is 1. The molecule has 2 amide bonds. The summed E-state index contributed by atoms with van der Waals surface area (Å²) in [5.41, 5.74) is 1.61. The Morgan fingerprint density at radius 1 is 1.20 bits per heavy atom. The van der Waals surface area contributed by atoms with Crippen LogP contribution in [0.2, 0.25) is 0 Å². The maximum atomic E-state index is 12.7. The lowest BCUT2D eigenvalue weighted by Gasteiger charge is -2.20. The van der Waals surface area contributed by atoms with Crippen molar-refractivity contribution in [3.05, 3.63) is 65.6 Å². The third kappa shape index (κ3) is 4.13. The molecule has 0 aliphatic carbocycles. The molecule has 0 spiro atoms. The Labute approximate surface area is 149 Å². The van der Waals surface area contributed by atoms with Crippen LogP contribution < -0.4 is 10.2 Å². The molecule has 7 heteroatoms. The van der Waals surface area contributed by atoms with E-state index in [1.807, 2.05) is 42.6 Å². The number of rotatable bonds is 6. The van der Waals surface area contributed by atoms with Crippen LogP contribution in [0.4, 0.5) is 10.8 Å². The summed E-state index contributed by atoms with van der Waals surface area (Å²) in [6, 6.07) is 12.6. The molecule has 3 rings (SSSR count). The molecule has 0 aliphatic rings. The van der Waals surface area contributed by atoms with Crippen molar-refractivity contribution in [2.75, 3.05) is 11.4 Å². The van der Waals surface area contributed by atoms with Gasteiger partial charge in [-0.25, -0.2) is 4.98 Å². The van der Waals surface area contributed by atoms with Crippen molar-refractivity contribution in [2.24, 2.45) is 0 Å². The van der Waals surface area contributed by atoms with Gasteiger partial charge in [-0.15, -0.1) is 11.3 Å². The summed E-state index contributed by atoms with van der Waals surface area (Å²) in [5.74, 6) is -0.252. The van der Waals surface area contributed by atoms with Gasteiger partial charge in [0, 0.05) is 18.3 Å². The van der Waals surface area contributed by atoms with Gasteiger partial charge in [-0.1, -0.05) is 18.2 Å². The SMILES string of the molecule is Cc1csc(N(C(=O)CCNC(=O)c2ccco2)c2ccccc2)n1. The summed E-state index contributed by atoms with van der Waals surface area (Å²) in [7, 11) is 0. The highest BCUT2D eigenvalue weighted by Gasteiger charge is 2.20. The van der Waals surface area contributed by atoms with Gasteiger partial charge in [-0.05, 0) is 31.2 Å². The van der Waals surface area contributed by atoms with Crippen molar-refractivity contribution >= 4 is 34.0 Å². The van der Waals surface area contributed by atoms with Crippen LogP contribution in [0, 0.1) is 6.92 Å². The van der Waals surface area contributed by atoms with Gasteiger partial charge in [0.05, 0.1) is 17.6 Å². The number of hydrogen-bond acceptors (Lipinski definition) is 5. The molecule has 25 heavy (non-hydrogen) atoms. The number of carbonyl (C=O) groups excluding carboxylic acids is 2. The first kappa shape index (κ1) is 16.9. The number of thiazole rings is 1. The highest BCUT2D eigenvalue weighted by Crippen LogP contribution is 2.29. The third-order valence-corrected chi connectivity index (χ3v) is 4.38. The molecule has 0 fully saturated rings. The molecule has 0 saturated heterocycles. The largest absolute Gasteiger partial charge is 0.459 e. The Morgan fingerprint density at radius 2 is 2.00 bits per heavy atom. The Hall–Kier alpha value is -2.93. The zero-order chi connectivity index (χ0) is 17.6. The lowest BCUT2D eigenvalue weighted by atomic mass is 10.2. The summed E-state index contributed by atoms with van der Waals surface area (Å²) in [6.07, 6.45) is 1.59. The van der Waals surface area contributed by atoms with E-state index in [1.54, 1.807) is 17.0 Å². The van der Waals surface area contributed by atoms with Crippen LogP contribution in [0.1, 0.15) is 22.7 Å². The Kier molecular flexibility index (Phi) is 5.25. The molecule has 0 unspecified atom stereocenters. The number of aromatic nitrogens is 1. The molecule has 0 radical (unpaired) electrons. The molecule has 6 nitrogen and oxygen atoms in total. The fraction of sp³-hybridized carbons (Fsp3) is 0.167. The highest BCUT2D eigenvalue weighted by atomic mass is 32.1. The third-order valence-electron chi connectivity index (χ3n) is 3.43. The smallest absolute Gasteiger partial charge is 0.286 e. The number of anilines is 2. The van der Waals surface area contributed by atoms with Gasteiger partial charge in [0.15, 0.2) is 10.9 Å². The quantitative estimate of drug-likeness (QED) is 0.734. The van der Waals surface area contributed by atoms with E-state index >= 15 is 0 Å². The van der Waals surface area contributed by atoms with Crippen LogP contribution in [0.25, 0.3) is 0 Å². The zero-order valence-corrected chi connectivity index (χ0v) is 14.5. The second-order valence-electron chi connectivity index (χ2n) is 5.32. The molecule has 0 bridgehead atoms. The van der Waals surface area contributed by atoms with Gasteiger partial charge in [0.1, 0.15) is 0 Å². The second-order valence-corrected chi connectivity index (χ2v) is 6.16. The van der Waals surface area contributed by atoms with Gasteiger partial charge < -0.3 is 9.73 Å². The van der Waals surface area contributed by atoms with Crippen LogP contribution in [0.5, 0.6) is 0 Å². The molecule has 0 saturated carbocycles. The van der Waals surface area contributed by atoms with Gasteiger partial charge in [0.2, 0.25) is 5.91 Å². The fourth-order valence-corrected chi connectivity index (χ4v) is 3.11. The van der Waals surface area contributed by atoms with Crippen molar-refractivity contribution in [2.45, 2.75) is 13.3 Å².